The largest absolute Gasteiger partial charge is 0.361 e. The first-order valence-corrected chi connectivity index (χ1v) is 7.72. The lowest BCUT2D eigenvalue weighted by molar-refractivity contribution is 0.0977. The van der Waals surface area contributed by atoms with E-state index in [4.69, 9.17) is 0 Å². The Morgan fingerprint density at radius 3 is 3.00 bits per heavy atom. The minimum absolute atomic E-state index is 0.760. The molecule has 2 aromatic rings. The maximum Gasteiger partial charge on any atom is 0.0456 e. The standard InChI is InChI=1S/C17H22N2/c1-2-7-17-15(6-1)16(12-18-17)13-8-10-19-9-4-3-5-14(19)11-13/h1-2,6-7,12-14,18H,3-5,8-11H2. The Morgan fingerprint density at radius 2 is 2.00 bits per heavy atom. The van der Waals surface area contributed by atoms with Crippen LogP contribution in [-0.2, 0) is 0 Å². The van der Waals surface area contributed by atoms with Crippen molar-refractivity contribution in [1.82, 2.24) is 9.88 Å². The molecule has 0 aliphatic carbocycles. The maximum atomic E-state index is 3.44. The van der Waals surface area contributed by atoms with E-state index < -0.39 is 0 Å². The number of nitrogens with zero attached hydrogens (tertiary/aromatic N) is 1. The SMILES string of the molecule is c1ccc2c(C3CCN4CCCCC4C3)c[nH]c2c1. The van der Waals surface area contributed by atoms with Crippen LogP contribution in [0.5, 0.6) is 0 Å². The molecular weight excluding hydrogens is 232 g/mol. The van der Waals surface area contributed by atoms with Gasteiger partial charge in [0.2, 0.25) is 0 Å². The van der Waals surface area contributed by atoms with Crippen molar-refractivity contribution >= 4 is 10.9 Å². The number of hydrogen-bond donors (Lipinski definition) is 1. The number of para-hydroxylation sites is 1. The van der Waals surface area contributed by atoms with Gasteiger partial charge in [0.15, 0.2) is 0 Å². The van der Waals surface area contributed by atoms with Crippen molar-refractivity contribution in [3.05, 3.63) is 36.0 Å². The molecule has 0 radical (unpaired) electrons. The Hall–Kier alpha value is -1.28. The van der Waals surface area contributed by atoms with Gasteiger partial charge in [0.25, 0.3) is 0 Å². The lowest BCUT2D eigenvalue weighted by Crippen LogP contribution is -2.44. The second-order valence-corrected chi connectivity index (χ2v) is 6.20. The lowest BCUT2D eigenvalue weighted by atomic mass is 9.82. The van der Waals surface area contributed by atoms with E-state index in [0.29, 0.717) is 0 Å². The second-order valence-electron chi connectivity index (χ2n) is 6.20. The van der Waals surface area contributed by atoms with Crippen LogP contribution >= 0.6 is 0 Å². The van der Waals surface area contributed by atoms with Crippen molar-refractivity contribution in [2.24, 2.45) is 0 Å². The van der Waals surface area contributed by atoms with Gasteiger partial charge in [-0.2, -0.15) is 0 Å². The molecule has 2 saturated heterocycles. The zero-order valence-corrected chi connectivity index (χ0v) is 11.4. The minimum atomic E-state index is 0.760. The van der Waals surface area contributed by atoms with Gasteiger partial charge in [-0.3, -0.25) is 0 Å². The van der Waals surface area contributed by atoms with E-state index in [-0.39, 0.29) is 0 Å². The van der Waals surface area contributed by atoms with Crippen LogP contribution in [0.1, 0.15) is 43.6 Å². The molecule has 1 aromatic heterocycles. The summed E-state index contributed by atoms with van der Waals surface area (Å²) in [4.78, 5) is 6.17. The summed E-state index contributed by atoms with van der Waals surface area (Å²) >= 11 is 0. The number of fused-ring (bicyclic) bond motifs is 2. The molecule has 2 aliphatic heterocycles. The first-order chi connectivity index (χ1) is 9.42. The monoisotopic (exact) mass is 254 g/mol. The molecule has 0 saturated carbocycles. The Balaban J connectivity index is 1.62. The third kappa shape index (κ3) is 1.99. The molecule has 2 heteroatoms. The van der Waals surface area contributed by atoms with E-state index in [0.717, 1.165) is 12.0 Å². The van der Waals surface area contributed by atoms with E-state index in [1.54, 1.807) is 5.56 Å². The summed E-state index contributed by atoms with van der Waals surface area (Å²) in [7, 11) is 0. The Labute approximate surface area is 114 Å². The molecule has 2 unspecified atom stereocenters. The highest BCUT2D eigenvalue weighted by molar-refractivity contribution is 5.83. The maximum absolute atomic E-state index is 3.44. The fraction of sp³-hybridized carbons (Fsp3) is 0.529. The van der Waals surface area contributed by atoms with Crippen molar-refractivity contribution in [3.8, 4) is 0 Å². The highest BCUT2D eigenvalue weighted by Crippen LogP contribution is 2.38. The molecule has 1 N–H and O–H groups in total. The second kappa shape index (κ2) is 4.68. The van der Waals surface area contributed by atoms with Crippen LogP contribution in [0.25, 0.3) is 10.9 Å². The van der Waals surface area contributed by atoms with Crippen LogP contribution in [0.2, 0.25) is 0 Å². The summed E-state index contributed by atoms with van der Waals surface area (Å²) in [6.07, 6.45) is 9.21. The number of aromatic nitrogens is 1. The molecule has 0 amide bonds. The first-order valence-electron chi connectivity index (χ1n) is 7.72. The van der Waals surface area contributed by atoms with E-state index >= 15 is 0 Å². The van der Waals surface area contributed by atoms with Gasteiger partial charge < -0.3 is 9.88 Å². The number of piperidine rings is 2. The minimum Gasteiger partial charge on any atom is -0.361 e. The quantitative estimate of drug-likeness (QED) is 0.817. The van der Waals surface area contributed by atoms with E-state index in [1.807, 2.05) is 0 Å². The summed E-state index contributed by atoms with van der Waals surface area (Å²) in [6, 6.07) is 9.59. The van der Waals surface area contributed by atoms with Crippen molar-refractivity contribution < 1.29 is 0 Å². The van der Waals surface area contributed by atoms with Crippen LogP contribution in [-0.4, -0.2) is 29.0 Å². The van der Waals surface area contributed by atoms with E-state index in [1.165, 1.54) is 56.1 Å². The fourth-order valence-electron chi connectivity index (χ4n) is 4.10. The van der Waals surface area contributed by atoms with E-state index in [2.05, 4.69) is 40.3 Å². The number of benzene rings is 1. The average Bonchev–Trinajstić information content (AvgIpc) is 2.91. The Kier molecular flexibility index (Phi) is 2.84. The zero-order chi connectivity index (χ0) is 12.7. The van der Waals surface area contributed by atoms with Gasteiger partial charge in [-0.25, -0.2) is 0 Å². The van der Waals surface area contributed by atoms with Crippen LogP contribution < -0.4 is 0 Å². The third-order valence-corrected chi connectivity index (χ3v) is 5.13. The summed E-state index contributed by atoms with van der Waals surface area (Å²) in [5.41, 5.74) is 2.85. The fourth-order valence-corrected chi connectivity index (χ4v) is 4.10. The Bertz CT molecular complexity index is 571. The molecule has 4 rings (SSSR count). The molecule has 2 fully saturated rings. The number of hydrogen-bond acceptors (Lipinski definition) is 1. The van der Waals surface area contributed by atoms with Crippen LogP contribution in [0.3, 0.4) is 0 Å². The summed E-state index contributed by atoms with van der Waals surface area (Å²) in [6.45, 7) is 2.64. The van der Waals surface area contributed by atoms with Crippen LogP contribution in [0.15, 0.2) is 30.5 Å². The summed E-state index contributed by atoms with van der Waals surface area (Å²) < 4.78 is 0. The number of aromatic amines is 1. The molecule has 100 valence electrons. The molecule has 19 heavy (non-hydrogen) atoms. The predicted molar refractivity (Wildman–Crippen MR) is 79.5 cm³/mol. The predicted octanol–water partition coefficient (Wildman–Crippen LogP) is 3.90. The van der Waals surface area contributed by atoms with Crippen LogP contribution in [0, 0.1) is 0 Å². The van der Waals surface area contributed by atoms with Gasteiger partial charge in [-0.15, -0.1) is 0 Å². The van der Waals surface area contributed by atoms with Gasteiger partial charge in [0.1, 0.15) is 0 Å². The van der Waals surface area contributed by atoms with Crippen molar-refractivity contribution in [1.29, 1.82) is 0 Å². The number of nitrogens with one attached hydrogen (secondary N) is 1. The lowest BCUT2D eigenvalue weighted by Gasteiger charge is -2.42. The highest BCUT2D eigenvalue weighted by atomic mass is 15.2. The van der Waals surface area contributed by atoms with Crippen LogP contribution in [0.4, 0.5) is 0 Å². The number of H-pyrrole nitrogens is 1. The third-order valence-electron chi connectivity index (χ3n) is 5.13. The first kappa shape index (κ1) is 11.5. The average molecular weight is 254 g/mol. The normalized spacial score (nSPS) is 28.4. The van der Waals surface area contributed by atoms with Gasteiger partial charge in [-0.1, -0.05) is 24.6 Å². The van der Waals surface area contributed by atoms with Gasteiger partial charge in [0.05, 0.1) is 0 Å². The molecule has 2 nitrogen and oxygen atoms in total. The van der Waals surface area contributed by atoms with Crippen molar-refractivity contribution in [2.45, 2.75) is 44.1 Å². The molecule has 1 aromatic carbocycles. The molecule has 2 aliphatic rings. The molecule has 2 atom stereocenters. The summed E-state index contributed by atoms with van der Waals surface area (Å²) in [5.74, 6) is 0.760. The van der Waals surface area contributed by atoms with Crippen molar-refractivity contribution in [3.63, 3.8) is 0 Å². The molecule has 0 bridgehead atoms. The summed E-state index contributed by atoms with van der Waals surface area (Å²) in [5, 5.41) is 1.44. The van der Waals surface area contributed by atoms with E-state index in [9.17, 15) is 0 Å². The molecular formula is C17H22N2. The van der Waals surface area contributed by atoms with Gasteiger partial charge in [0, 0.05) is 23.1 Å². The number of rotatable bonds is 1. The zero-order valence-electron chi connectivity index (χ0n) is 11.4. The smallest absolute Gasteiger partial charge is 0.0456 e. The Morgan fingerprint density at radius 1 is 1.05 bits per heavy atom. The van der Waals surface area contributed by atoms with Gasteiger partial charge in [-0.05, 0) is 56.3 Å². The molecule has 3 heterocycles. The topological polar surface area (TPSA) is 19.0 Å². The van der Waals surface area contributed by atoms with Crippen molar-refractivity contribution in [2.75, 3.05) is 13.1 Å². The molecule has 0 spiro atoms. The van der Waals surface area contributed by atoms with Gasteiger partial charge >= 0.3 is 0 Å². The highest BCUT2D eigenvalue weighted by Gasteiger charge is 2.31.